The Hall–Kier alpha value is -2.05. The fourth-order valence-corrected chi connectivity index (χ4v) is 2.98. The largest absolute Gasteiger partial charge is 0.345 e. The van der Waals surface area contributed by atoms with Gasteiger partial charge in [0.25, 0.3) is 0 Å². The van der Waals surface area contributed by atoms with Crippen LogP contribution in [0.1, 0.15) is 38.2 Å². The molecule has 1 atom stereocenters. The van der Waals surface area contributed by atoms with Crippen molar-refractivity contribution >= 4 is 11.9 Å². The molecule has 23 heavy (non-hydrogen) atoms. The Morgan fingerprint density at radius 2 is 2.17 bits per heavy atom. The van der Waals surface area contributed by atoms with E-state index in [1.54, 1.807) is 11.1 Å². The first kappa shape index (κ1) is 17.3. The van der Waals surface area contributed by atoms with Crippen molar-refractivity contribution in [2.24, 2.45) is 5.92 Å². The Balaban J connectivity index is 1.87. The molecule has 2 heterocycles. The van der Waals surface area contributed by atoms with Crippen LogP contribution in [0.15, 0.2) is 6.20 Å². The molecule has 7 nitrogen and oxygen atoms in total. The standard InChI is InChI=1S/C16H27N5O2/c1-4-20(5-2)15(22)13-7-6-8-21(11-13)16(23)18-10-14-17-9-12(3)19-14/h9,13H,4-8,10-11H2,1-3H3,(H,17,19)(H,18,23)/t13-/m0/s1. The van der Waals surface area contributed by atoms with E-state index in [9.17, 15) is 9.59 Å². The van der Waals surface area contributed by atoms with E-state index < -0.39 is 0 Å². The van der Waals surface area contributed by atoms with Crippen molar-refractivity contribution in [2.45, 2.75) is 40.2 Å². The minimum Gasteiger partial charge on any atom is -0.345 e. The Morgan fingerprint density at radius 3 is 2.78 bits per heavy atom. The number of nitrogens with zero attached hydrogens (tertiary/aromatic N) is 3. The van der Waals surface area contributed by atoms with Crippen molar-refractivity contribution < 1.29 is 9.59 Å². The highest BCUT2D eigenvalue weighted by Crippen LogP contribution is 2.19. The van der Waals surface area contributed by atoms with Crippen LogP contribution in [0.3, 0.4) is 0 Å². The summed E-state index contributed by atoms with van der Waals surface area (Å²) in [6.45, 7) is 8.90. The van der Waals surface area contributed by atoms with Crippen LogP contribution in [0.25, 0.3) is 0 Å². The maximum atomic E-state index is 12.5. The lowest BCUT2D eigenvalue weighted by molar-refractivity contribution is -0.136. The molecular weight excluding hydrogens is 294 g/mol. The molecule has 7 heteroatoms. The lowest BCUT2D eigenvalue weighted by Crippen LogP contribution is -2.49. The predicted octanol–water partition coefficient (Wildman–Crippen LogP) is 1.51. The van der Waals surface area contributed by atoms with Gasteiger partial charge >= 0.3 is 6.03 Å². The maximum Gasteiger partial charge on any atom is 0.317 e. The van der Waals surface area contributed by atoms with E-state index in [-0.39, 0.29) is 17.9 Å². The third-order valence-electron chi connectivity index (χ3n) is 4.30. The minimum absolute atomic E-state index is 0.0831. The van der Waals surface area contributed by atoms with Crippen LogP contribution in [-0.4, -0.2) is 57.9 Å². The van der Waals surface area contributed by atoms with Crippen molar-refractivity contribution in [2.75, 3.05) is 26.2 Å². The summed E-state index contributed by atoms with van der Waals surface area (Å²) in [6.07, 6.45) is 3.46. The lowest BCUT2D eigenvalue weighted by atomic mass is 9.96. The van der Waals surface area contributed by atoms with Gasteiger partial charge in [-0.2, -0.15) is 0 Å². The van der Waals surface area contributed by atoms with Gasteiger partial charge in [-0.25, -0.2) is 9.78 Å². The van der Waals surface area contributed by atoms with Crippen molar-refractivity contribution in [1.29, 1.82) is 0 Å². The molecule has 0 aliphatic carbocycles. The zero-order valence-electron chi connectivity index (χ0n) is 14.3. The van der Waals surface area contributed by atoms with E-state index in [1.807, 2.05) is 25.7 Å². The van der Waals surface area contributed by atoms with Crippen LogP contribution in [0.4, 0.5) is 4.79 Å². The number of nitrogens with one attached hydrogen (secondary N) is 2. The number of piperidine rings is 1. The summed E-state index contributed by atoms with van der Waals surface area (Å²) in [7, 11) is 0. The number of hydrogen-bond donors (Lipinski definition) is 2. The maximum absolute atomic E-state index is 12.5. The second-order valence-electron chi connectivity index (χ2n) is 5.97. The number of aromatic amines is 1. The highest BCUT2D eigenvalue weighted by atomic mass is 16.2. The van der Waals surface area contributed by atoms with Gasteiger partial charge in [0.1, 0.15) is 5.82 Å². The van der Waals surface area contributed by atoms with Gasteiger partial charge in [0, 0.05) is 38.1 Å². The molecule has 1 aliphatic rings. The summed E-state index contributed by atoms with van der Waals surface area (Å²) in [5.41, 5.74) is 0.970. The van der Waals surface area contributed by atoms with E-state index in [1.165, 1.54) is 0 Å². The topological polar surface area (TPSA) is 81.3 Å². The summed E-state index contributed by atoms with van der Waals surface area (Å²) < 4.78 is 0. The smallest absolute Gasteiger partial charge is 0.317 e. The first-order valence-electron chi connectivity index (χ1n) is 8.37. The zero-order valence-corrected chi connectivity index (χ0v) is 14.3. The molecule has 1 saturated heterocycles. The van der Waals surface area contributed by atoms with Gasteiger partial charge in [0.15, 0.2) is 0 Å². The van der Waals surface area contributed by atoms with Crippen LogP contribution in [0, 0.1) is 12.8 Å². The molecule has 0 radical (unpaired) electrons. The molecule has 1 aromatic rings. The number of H-pyrrole nitrogens is 1. The number of amides is 3. The molecule has 0 bridgehead atoms. The van der Waals surface area contributed by atoms with Gasteiger partial charge in [0.05, 0.1) is 12.5 Å². The molecule has 1 aliphatic heterocycles. The molecule has 2 rings (SSSR count). The quantitative estimate of drug-likeness (QED) is 0.862. The van der Waals surface area contributed by atoms with Gasteiger partial charge in [-0.1, -0.05) is 0 Å². The Morgan fingerprint density at radius 1 is 1.43 bits per heavy atom. The van der Waals surface area contributed by atoms with E-state index in [0.717, 1.165) is 37.4 Å². The van der Waals surface area contributed by atoms with E-state index in [0.29, 0.717) is 19.6 Å². The third kappa shape index (κ3) is 4.46. The number of urea groups is 1. The number of likely N-dealkylation sites (tertiary alicyclic amines) is 1. The van der Waals surface area contributed by atoms with E-state index in [4.69, 9.17) is 0 Å². The number of aromatic nitrogens is 2. The highest BCUT2D eigenvalue weighted by Gasteiger charge is 2.30. The molecule has 0 aromatic carbocycles. The Bertz CT molecular complexity index is 538. The zero-order chi connectivity index (χ0) is 16.8. The van der Waals surface area contributed by atoms with Crippen molar-refractivity contribution in [3.05, 3.63) is 17.7 Å². The summed E-state index contributed by atoms with van der Waals surface area (Å²) in [4.78, 5) is 35.6. The Kier molecular flexibility index (Phi) is 6.01. The van der Waals surface area contributed by atoms with E-state index in [2.05, 4.69) is 15.3 Å². The van der Waals surface area contributed by atoms with E-state index >= 15 is 0 Å². The number of carbonyl (C=O) groups is 2. The summed E-state index contributed by atoms with van der Waals surface area (Å²) in [5, 5.41) is 2.87. The Labute approximate surface area is 137 Å². The number of imidazole rings is 1. The van der Waals surface area contributed by atoms with Crippen LogP contribution in [-0.2, 0) is 11.3 Å². The summed E-state index contributed by atoms with van der Waals surface area (Å²) >= 11 is 0. The summed E-state index contributed by atoms with van der Waals surface area (Å²) in [6, 6.07) is -0.129. The summed E-state index contributed by atoms with van der Waals surface area (Å²) in [5.74, 6) is 0.818. The molecule has 2 N–H and O–H groups in total. The van der Waals surface area contributed by atoms with Crippen LogP contribution in [0.5, 0.6) is 0 Å². The molecular formula is C16H27N5O2. The van der Waals surface area contributed by atoms with Crippen LogP contribution < -0.4 is 5.32 Å². The van der Waals surface area contributed by atoms with Gasteiger partial charge in [-0.05, 0) is 33.6 Å². The van der Waals surface area contributed by atoms with Gasteiger partial charge in [0.2, 0.25) is 5.91 Å². The second-order valence-corrected chi connectivity index (χ2v) is 5.97. The fourth-order valence-electron chi connectivity index (χ4n) is 2.98. The molecule has 128 valence electrons. The lowest BCUT2D eigenvalue weighted by Gasteiger charge is -2.34. The average Bonchev–Trinajstić information content (AvgIpc) is 2.99. The first-order chi connectivity index (χ1) is 11.0. The third-order valence-corrected chi connectivity index (χ3v) is 4.30. The highest BCUT2D eigenvalue weighted by molar-refractivity contribution is 5.81. The molecule has 0 unspecified atom stereocenters. The number of carbonyl (C=O) groups excluding carboxylic acids is 2. The van der Waals surface area contributed by atoms with Gasteiger partial charge < -0.3 is 20.1 Å². The van der Waals surface area contributed by atoms with Crippen LogP contribution >= 0.6 is 0 Å². The molecule has 3 amide bonds. The van der Waals surface area contributed by atoms with Crippen LogP contribution in [0.2, 0.25) is 0 Å². The normalized spacial score (nSPS) is 17.9. The first-order valence-corrected chi connectivity index (χ1v) is 8.37. The second kappa shape index (κ2) is 7.99. The molecule has 1 fully saturated rings. The fraction of sp³-hybridized carbons (Fsp3) is 0.688. The molecule has 1 aromatic heterocycles. The SMILES string of the molecule is CCN(CC)C(=O)[C@H]1CCCN(C(=O)NCc2ncc(C)[nH]2)C1. The van der Waals surface area contributed by atoms with Gasteiger partial charge in [-0.3, -0.25) is 4.79 Å². The number of hydrogen-bond acceptors (Lipinski definition) is 3. The minimum atomic E-state index is -0.129. The average molecular weight is 321 g/mol. The molecule has 0 saturated carbocycles. The van der Waals surface area contributed by atoms with Crippen molar-refractivity contribution in [1.82, 2.24) is 25.1 Å². The predicted molar refractivity (Wildman–Crippen MR) is 87.8 cm³/mol. The monoisotopic (exact) mass is 321 g/mol. The van der Waals surface area contributed by atoms with Crippen molar-refractivity contribution in [3.8, 4) is 0 Å². The van der Waals surface area contributed by atoms with Gasteiger partial charge in [-0.15, -0.1) is 0 Å². The number of aryl methyl sites for hydroxylation is 1. The number of rotatable bonds is 5. The molecule has 0 spiro atoms. The van der Waals surface area contributed by atoms with Crippen molar-refractivity contribution in [3.63, 3.8) is 0 Å².